The van der Waals surface area contributed by atoms with Crippen LogP contribution in [0.5, 0.6) is 0 Å². The van der Waals surface area contributed by atoms with Crippen LogP contribution in [0.15, 0.2) is 0 Å². The lowest BCUT2D eigenvalue weighted by atomic mass is 10.2. The molecule has 72 valence electrons. The molecule has 1 aromatic rings. The summed E-state index contributed by atoms with van der Waals surface area (Å²) in [6, 6.07) is 0. The highest BCUT2D eigenvalue weighted by Gasteiger charge is 2.14. The van der Waals surface area contributed by atoms with Crippen molar-refractivity contribution in [2.75, 3.05) is 6.61 Å². The van der Waals surface area contributed by atoms with Crippen molar-refractivity contribution in [3.63, 3.8) is 0 Å². The Balaban J connectivity index is 2.54. The van der Waals surface area contributed by atoms with Crippen molar-refractivity contribution in [1.29, 1.82) is 0 Å². The monoisotopic (exact) mass is 183 g/mol. The molecule has 0 aliphatic carbocycles. The maximum atomic E-state index is 11.3. The second kappa shape index (κ2) is 4.02. The maximum absolute atomic E-state index is 11.3. The summed E-state index contributed by atoms with van der Waals surface area (Å²) in [4.78, 5) is 11.3. The van der Waals surface area contributed by atoms with Crippen LogP contribution in [0.1, 0.15) is 30.0 Å². The van der Waals surface area contributed by atoms with Crippen LogP contribution in [0.25, 0.3) is 0 Å². The predicted octanol–water partition coefficient (Wildman–Crippen LogP) is 0.926. The molecule has 0 aliphatic heterocycles. The van der Waals surface area contributed by atoms with Crippen molar-refractivity contribution >= 4 is 5.97 Å². The zero-order valence-corrected chi connectivity index (χ0v) is 8.00. The molecule has 1 N–H and O–H groups in total. The summed E-state index contributed by atoms with van der Waals surface area (Å²) < 4.78 is 4.97. The van der Waals surface area contributed by atoms with Crippen molar-refractivity contribution in [3.8, 4) is 0 Å². The SMILES string of the molecule is Cc1n[nH]nc1C(=O)OCC(C)C. The van der Waals surface area contributed by atoms with E-state index in [9.17, 15) is 4.79 Å². The Bertz CT molecular complexity index is 293. The third-order valence-electron chi connectivity index (χ3n) is 1.46. The largest absolute Gasteiger partial charge is 0.461 e. The fourth-order valence-corrected chi connectivity index (χ4v) is 0.788. The van der Waals surface area contributed by atoms with Gasteiger partial charge < -0.3 is 4.74 Å². The number of aromatic nitrogens is 3. The number of esters is 1. The molecule has 0 unspecified atom stereocenters. The molecule has 0 saturated heterocycles. The first-order valence-corrected chi connectivity index (χ1v) is 4.15. The van der Waals surface area contributed by atoms with E-state index < -0.39 is 5.97 Å². The highest BCUT2D eigenvalue weighted by molar-refractivity contribution is 5.88. The van der Waals surface area contributed by atoms with Gasteiger partial charge in [0.1, 0.15) is 0 Å². The van der Waals surface area contributed by atoms with Crippen LogP contribution in [-0.2, 0) is 4.74 Å². The van der Waals surface area contributed by atoms with E-state index in [2.05, 4.69) is 15.4 Å². The average Bonchev–Trinajstić information content (AvgIpc) is 2.47. The lowest BCUT2D eigenvalue weighted by Crippen LogP contribution is -2.11. The Morgan fingerprint density at radius 2 is 2.23 bits per heavy atom. The van der Waals surface area contributed by atoms with Crippen LogP contribution < -0.4 is 0 Å². The minimum Gasteiger partial charge on any atom is -0.461 e. The molecule has 0 atom stereocenters. The number of aromatic amines is 1. The van der Waals surface area contributed by atoms with Gasteiger partial charge in [-0.2, -0.15) is 10.3 Å². The summed E-state index contributed by atoms with van der Waals surface area (Å²) in [7, 11) is 0. The van der Waals surface area contributed by atoms with Gasteiger partial charge in [-0.25, -0.2) is 4.79 Å². The summed E-state index contributed by atoms with van der Waals surface area (Å²) >= 11 is 0. The van der Waals surface area contributed by atoms with Crippen LogP contribution in [0, 0.1) is 12.8 Å². The predicted molar refractivity (Wildman–Crippen MR) is 46.2 cm³/mol. The zero-order chi connectivity index (χ0) is 9.84. The number of aryl methyl sites for hydroxylation is 1. The third-order valence-corrected chi connectivity index (χ3v) is 1.46. The van der Waals surface area contributed by atoms with Gasteiger partial charge in [0, 0.05) is 0 Å². The summed E-state index contributed by atoms with van der Waals surface area (Å²) in [5.74, 6) is -0.0869. The molecule has 1 aromatic heterocycles. The van der Waals surface area contributed by atoms with Gasteiger partial charge in [0.15, 0.2) is 5.69 Å². The van der Waals surface area contributed by atoms with Crippen LogP contribution in [-0.4, -0.2) is 28.0 Å². The second-order valence-corrected chi connectivity index (χ2v) is 3.25. The van der Waals surface area contributed by atoms with Crippen molar-refractivity contribution in [1.82, 2.24) is 15.4 Å². The van der Waals surface area contributed by atoms with Crippen LogP contribution >= 0.6 is 0 Å². The van der Waals surface area contributed by atoms with Gasteiger partial charge in [-0.3, -0.25) is 0 Å². The molecular weight excluding hydrogens is 170 g/mol. The van der Waals surface area contributed by atoms with E-state index in [0.717, 1.165) is 0 Å². The third kappa shape index (κ3) is 2.54. The number of carbonyl (C=O) groups excluding carboxylic acids is 1. The minimum absolute atomic E-state index is 0.264. The molecule has 1 rings (SSSR count). The van der Waals surface area contributed by atoms with E-state index >= 15 is 0 Å². The lowest BCUT2D eigenvalue weighted by molar-refractivity contribution is 0.0451. The van der Waals surface area contributed by atoms with Crippen LogP contribution in [0.2, 0.25) is 0 Å². The smallest absolute Gasteiger partial charge is 0.360 e. The second-order valence-electron chi connectivity index (χ2n) is 3.25. The van der Waals surface area contributed by atoms with Crippen LogP contribution in [0.3, 0.4) is 0 Å². The molecule has 0 aliphatic rings. The molecule has 5 heteroatoms. The summed E-state index contributed by atoms with van der Waals surface area (Å²) in [5, 5.41) is 9.78. The quantitative estimate of drug-likeness (QED) is 0.708. The molecule has 5 nitrogen and oxygen atoms in total. The summed E-state index contributed by atoms with van der Waals surface area (Å²) in [5.41, 5.74) is 0.828. The Morgan fingerprint density at radius 3 is 2.69 bits per heavy atom. The Kier molecular flexibility index (Phi) is 3.00. The van der Waals surface area contributed by atoms with Gasteiger partial charge >= 0.3 is 5.97 Å². The molecule has 0 fully saturated rings. The normalized spacial score (nSPS) is 10.5. The molecule has 1 heterocycles. The van der Waals surface area contributed by atoms with Crippen molar-refractivity contribution < 1.29 is 9.53 Å². The number of hydrogen-bond acceptors (Lipinski definition) is 4. The van der Waals surface area contributed by atoms with Crippen molar-refractivity contribution in [2.45, 2.75) is 20.8 Å². The van der Waals surface area contributed by atoms with E-state index in [4.69, 9.17) is 4.74 Å². The standard InChI is InChI=1S/C8H13N3O2/c1-5(2)4-13-8(12)7-6(3)9-11-10-7/h5H,4H2,1-3H3,(H,9,10,11). The van der Waals surface area contributed by atoms with E-state index in [-0.39, 0.29) is 5.69 Å². The Morgan fingerprint density at radius 1 is 1.54 bits per heavy atom. The van der Waals surface area contributed by atoms with Gasteiger partial charge in [0.05, 0.1) is 12.3 Å². The highest BCUT2D eigenvalue weighted by atomic mass is 16.5. The maximum Gasteiger partial charge on any atom is 0.360 e. The van der Waals surface area contributed by atoms with E-state index in [1.54, 1.807) is 6.92 Å². The lowest BCUT2D eigenvalue weighted by Gasteiger charge is -2.04. The first-order chi connectivity index (χ1) is 6.11. The molecule has 13 heavy (non-hydrogen) atoms. The Labute approximate surface area is 76.5 Å². The molecule has 0 bridgehead atoms. The highest BCUT2D eigenvalue weighted by Crippen LogP contribution is 2.02. The van der Waals surface area contributed by atoms with Gasteiger partial charge in [0.25, 0.3) is 0 Å². The van der Waals surface area contributed by atoms with Gasteiger partial charge in [-0.15, -0.1) is 5.10 Å². The topological polar surface area (TPSA) is 67.9 Å². The van der Waals surface area contributed by atoms with Gasteiger partial charge in [-0.05, 0) is 12.8 Å². The van der Waals surface area contributed by atoms with E-state index in [0.29, 0.717) is 18.2 Å². The Hall–Kier alpha value is -1.39. The van der Waals surface area contributed by atoms with Crippen molar-refractivity contribution in [2.24, 2.45) is 5.92 Å². The number of hydrogen-bond donors (Lipinski definition) is 1. The van der Waals surface area contributed by atoms with E-state index in [1.807, 2.05) is 13.8 Å². The zero-order valence-electron chi connectivity index (χ0n) is 8.00. The molecule has 0 spiro atoms. The molecular formula is C8H13N3O2. The molecule has 0 radical (unpaired) electrons. The first-order valence-electron chi connectivity index (χ1n) is 4.15. The number of H-pyrrole nitrogens is 1. The molecule has 0 aromatic carbocycles. The first kappa shape index (κ1) is 9.70. The average molecular weight is 183 g/mol. The van der Waals surface area contributed by atoms with Crippen LogP contribution in [0.4, 0.5) is 0 Å². The number of carbonyl (C=O) groups is 1. The molecule has 0 saturated carbocycles. The van der Waals surface area contributed by atoms with Gasteiger partial charge in [0.2, 0.25) is 0 Å². The van der Waals surface area contributed by atoms with Gasteiger partial charge in [-0.1, -0.05) is 13.8 Å². The number of nitrogens with one attached hydrogen (secondary N) is 1. The number of ether oxygens (including phenoxy) is 1. The fourth-order valence-electron chi connectivity index (χ4n) is 0.788. The van der Waals surface area contributed by atoms with E-state index in [1.165, 1.54) is 0 Å². The number of nitrogens with zero attached hydrogens (tertiary/aromatic N) is 2. The summed E-state index contributed by atoms with van der Waals surface area (Å²) in [6.07, 6.45) is 0. The minimum atomic E-state index is -0.417. The summed E-state index contributed by atoms with van der Waals surface area (Å²) in [6.45, 7) is 6.06. The molecule has 0 amide bonds. The van der Waals surface area contributed by atoms with Crippen molar-refractivity contribution in [3.05, 3.63) is 11.4 Å². The fraction of sp³-hybridized carbons (Fsp3) is 0.625. The number of rotatable bonds is 3.